The number of hydrogen-bond acceptors (Lipinski definition) is 2. The first-order valence-corrected chi connectivity index (χ1v) is 8.82. The predicted octanol–water partition coefficient (Wildman–Crippen LogP) is 3.74. The first-order valence-electron chi connectivity index (χ1n) is 8.82. The standard InChI is InChI=1S/C19H30N2/c1-16-7-5-8-17(13-16)14-21-12-6-11-20-19(15-21)18-9-3-2-4-10-18/h5,7-8,13,18-20H,2-4,6,9-12,14-15H2,1H3. The van der Waals surface area contributed by atoms with Gasteiger partial charge in [0.1, 0.15) is 0 Å². The fourth-order valence-electron chi connectivity index (χ4n) is 4.09. The summed E-state index contributed by atoms with van der Waals surface area (Å²) in [6, 6.07) is 9.73. The first-order chi connectivity index (χ1) is 10.3. The number of benzene rings is 1. The van der Waals surface area contributed by atoms with E-state index >= 15 is 0 Å². The van der Waals surface area contributed by atoms with Crippen LogP contribution in [0, 0.1) is 12.8 Å². The van der Waals surface area contributed by atoms with Crippen LogP contribution in [-0.2, 0) is 6.54 Å². The van der Waals surface area contributed by atoms with Crippen LogP contribution in [0.15, 0.2) is 24.3 Å². The van der Waals surface area contributed by atoms with E-state index in [4.69, 9.17) is 0 Å². The highest BCUT2D eigenvalue weighted by molar-refractivity contribution is 5.22. The van der Waals surface area contributed by atoms with Gasteiger partial charge in [-0.15, -0.1) is 0 Å². The minimum absolute atomic E-state index is 0.720. The van der Waals surface area contributed by atoms with E-state index in [0.717, 1.165) is 18.5 Å². The van der Waals surface area contributed by atoms with Crippen LogP contribution in [0.3, 0.4) is 0 Å². The third kappa shape index (κ3) is 4.31. The third-order valence-electron chi connectivity index (χ3n) is 5.22. The molecule has 1 saturated heterocycles. The summed E-state index contributed by atoms with van der Waals surface area (Å²) < 4.78 is 0. The molecule has 116 valence electrons. The van der Waals surface area contributed by atoms with Gasteiger partial charge in [0.05, 0.1) is 0 Å². The molecule has 1 unspecified atom stereocenters. The van der Waals surface area contributed by atoms with E-state index in [1.807, 2.05) is 0 Å². The Morgan fingerprint density at radius 3 is 2.81 bits per heavy atom. The maximum absolute atomic E-state index is 3.84. The van der Waals surface area contributed by atoms with Crippen LogP contribution in [0.1, 0.15) is 49.7 Å². The molecule has 1 N–H and O–H groups in total. The second-order valence-electron chi connectivity index (χ2n) is 7.04. The largest absolute Gasteiger partial charge is 0.312 e. The topological polar surface area (TPSA) is 15.3 Å². The number of rotatable bonds is 3. The molecular formula is C19H30N2. The van der Waals surface area contributed by atoms with Crippen LogP contribution < -0.4 is 5.32 Å². The van der Waals surface area contributed by atoms with Gasteiger partial charge in [-0.25, -0.2) is 0 Å². The zero-order valence-electron chi connectivity index (χ0n) is 13.5. The molecule has 3 rings (SSSR count). The maximum Gasteiger partial charge on any atom is 0.0234 e. The summed E-state index contributed by atoms with van der Waals surface area (Å²) in [5, 5.41) is 3.84. The summed E-state index contributed by atoms with van der Waals surface area (Å²) in [6.45, 7) is 6.99. The third-order valence-corrected chi connectivity index (χ3v) is 5.22. The highest BCUT2D eigenvalue weighted by Crippen LogP contribution is 2.27. The molecule has 1 atom stereocenters. The number of aryl methyl sites for hydroxylation is 1. The molecule has 2 nitrogen and oxygen atoms in total. The van der Waals surface area contributed by atoms with E-state index in [1.54, 1.807) is 0 Å². The molecule has 1 aromatic rings. The quantitative estimate of drug-likeness (QED) is 0.910. The van der Waals surface area contributed by atoms with Gasteiger partial charge in [-0.1, -0.05) is 49.1 Å². The molecule has 1 heterocycles. The van der Waals surface area contributed by atoms with Gasteiger partial charge in [-0.3, -0.25) is 4.90 Å². The summed E-state index contributed by atoms with van der Waals surface area (Å²) in [7, 11) is 0. The lowest BCUT2D eigenvalue weighted by atomic mass is 9.83. The molecule has 0 radical (unpaired) electrons. The van der Waals surface area contributed by atoms with Crippen molar-refractivity contribution >= 4 is 0 Å². The van der Waals surface area contributed by atoms with Crippen molar-refractivity contribution in [2.45, 2.75) is 58.0 Å². The van der Waals surface area contributed by atoms with Gasteiger partial charge in [0.25, 0.3) is 0 Å². The Labute approximate surface area is 129 Å². The van der Waals surface area contributed by atoms with Crippen LogP contribution in [0.4, 0.5) is 0 Å². The Balaban J connectivity index is 1.61. The summed E-state index contributed by atoms with van der Waals surface area (Å²) >= 11 is 0. The monoisotopic (exact) mass is 286 g/mol. The van der Waals surface area contributed by atoms with Crippen LogP contribution in [-0.4, -0.2) is 30.6 Å². The van der Waals surface area contributed by atoms with Crippen molar-refractivity contribution in [1.29, 1.82) is 0 Å². The van der Waals surface area contributed by atoms with Gasteiger partial charge >= 0.3 is 0 Å². The van der Waals surface area contributed by atoms with E-state index in [0.29, 0.717) is 0 Å². The molecular weight excluding hydrogens is 256 g/mol. The van der Waals surface area contributed by atoms with Gasteiger partial charge in [0.15, 0.2) is 0 Å². The van der Waals surface area contributed by atoms with Crippen LogP contribution in [0.5, 0.6) is 0 Å². The van der Waals surface area contributed by atoms with Crippen molar-refractivity contribution in [3.05, 3.63) is 35.4 Å². The molecule has 2 heteroatoms. The molecule has 0 spiro atoms. The van der Waals surface area contributed by atoms with Gasteiger partial charge in [-0.2, -0.15) is 0 Å². The molecule has 1 aromatic carbocycles. The minimum atomic E-state index is 0.720. The summed E-state index contributed by atoms with van der Waals surface area (Å²) in [5.74, 6) is 0.914. The SMILES string of the molecule is Cc1cccc(CN2CCCNC(C3CCCCC3)C2)c1. The molecule has 21 heavy (non-hydrogen) atoms. The van der Waals surface area contributed by atoms with E-state index in [-0.39, 0.29) is 0 Å². The van der Waals surface area contributed by atoms with Crippen LogP contribution in [0.25, 0.3) is 0 Å². The van der Waals surface area contributed by atoms with Crippen molar-refractivity contribution in [2.75, 3.05) is 19.6 Å². The Bertz CT molecular complexity index is 437. The second kappa shape index (κ2) is 7.42. The highest BCUT2D eigenvalue weighted by Gasteiger charge is 2.26. The minimum Gasteiger partial charge on any atom is -0.312 e. The normalized spacial score (nSPS) is 25.7. The average molecular weight is 286 g/mol. The molecule has 2 aliphatic rings. The molecule has 0 aromatic heterocycles. The Morgan fingerprint density at radius 2 is 2.00 bits per heavy atom. The lowest BCUT2D eigenvalue weighted by molar-refractivity contribution is 0.201. The molecule has 2 fully saturated rings. The molecule has 0 bridgehead atoms. The smallest absolute Gasteiger partial charge is 0.0234 e. The molecule has 1 aliphatic carbocycles. The van der Waals surface area contributed by atoms with Gasteiger partial charge in [-0.05, 0) is 50.8 Å². The predicted molar refractivity (Wildman–Crippen MR) is 89.4 cm³/mol. The zero-order valence-corrected chi connectivity index (χ0v) is 13.5. The van der Waals surface area contributed by atoms with Gasteiger partial charge in [0, 0.05) is 19.1 Å². The fraction of sp³-hybridized carbons (Fsp3) is 0.684. The lowest BCUT2D eigenvalue weighted by Crippen LogP contribution is -2.43. The first kappa shape index (κ1) is 15.1. The zero-order chi connectivity index (χ0) is 14.5. The maximum atomic E-state index is 3.84. The highest BCUT2D eigenvalue weighted by atomic mass is 15.2. The van der Waals surface area contributed by atoms with E-state index < -0.39 is 0 Å². The van der Waals surface area contributed by atoms with Crippen molar-refractivity contribution in [3.8, 4) is 0 Å². The van der Waals surface area contributed by atoms with Gasteiger partial charge < -0.3 is 5.32 Å². The number of hydrogen-bond donors (Lipinski definition) is 1. The van der Waals surface area contributed by atoms with Crippen molar-refractivity contribution in [2.24, 2.45) is 5.92 Å². The van der Waals surface area contributed by atoms with Crippen molar-refractivity contribution in [3.63, 3.8) is 0 Å². The van der Waals surface area contributed by atoms with E-state index in [2.05, 4.69) is 41.4 Å². The summed E-state index contributed by atoms with van der Waals surface area (Å²) in [5.41, 5.74) is 2.85. The fourth-order valence-corrected chi connectivity index (χ4v) is 4.09. The average Bonchev–Trinajstić information content (AvgIpc) is 2.74. The van der Waals surface area contributed by atoms with Gasteiger partial charge in [0.2, 0.25) is 0 Å². The lowest BCUT2D eigenvalue weighted by Gasteiger charge is -2.33. The van der Waals surface area contributed by atoms with Crippen LogP contribution in [0.2, 0.25) is 0 Å². The molecule has 1 saturated carbocycles. The molecule has 1 aliphatic heterocycles. The summed E-state index contributed by atoms with van der Waals surface area (Å²) in [4.78, 5) is 2.67. The van der Waals surface area contributed by atoms with E-state index in [9.17, 15) is 0 Å². The Kier molecular flexibility index (Phi) is 5.32. The van der Waals surface area contributed by atoms with Crippen molar-refractivity contribution in [1.82, 2.24) is 10.2 Å². The van der Waals surface area contributed by atoms with Crippen molar-refractivity contribution < 1.29 is 0 Å². The number of nitrogens with zero attached hydrogens (tertiary/aromatic N) is 1. The molecule has 0 amide bonds. The Morgan fingerprint density at radius 1 is 1.14 bits per heavy atom. The Hall–Kier alpha value is -0.860. The van der Waals surface area contributed by atoms with Crippen LogP contribution >= 0.6 is 0 Å². The number of nitrogens with one attached hydrogen (secondary N) is 1. The second-order valence-corrected chi connectivity index (χ2v) is 7.04. The summed E-state index contributed by atoms with van der Waals surface area (Å²) in [6.07, 6.45) is 8.51. The van der Waals surface area contributed by atoms with E-state index in [1.165, 1.54) is 69.3 Å².